The minimum absolute atomic E-state index is 0.00921. The van der Waals surface area contributed by atoms with E-state index in [1.54, 1.807) is 19.2 Å². The van der Waals surface area contributed by atoms with Crippen LogP contribution in [0.25, 0.3) is 0 Å². The molecule has 5 heteroatoms. The van der Waals surface area contributed by atoms with Crippen molar-refractivity contribution in [2.45, 2.75) is 20.0 Å². The van der Waals surface area contributed by atoms with E-state index in [4.69, 9.17) is 0 Å². The summed E-state index contributed by atoms with van der Waals surface area (Å²) in [7, 11) is 3.51. The maximum absolute atomic E-state index is 12.1. The van der Waals surface area contributed by atoms with Crippen molar-refractivity contribution in [3.8, 4) is 0 Å². The van der Waals surface area contributed by atoms with Gasteiger partial charge in [-0.2, -0.15) is 0 Å². The van der Waals surface area contributed by atoms with Crippen LogP contribution in [-0.4, -0.2) is 37.4 Å². The van der Waals surface area contributed by atoms with Crippen molar-refractivity contribution in [1.29, 1.82) is 0 Å². The Morgan fingerprint density at radius 2 is 1.56 bits per heavy atom. The first-order valence-corrected chi connectivity index (χ1v) is 8.29. The summed E-state index contributed by atoms with van der Waals surface area (Å²) in [5, 5.41) is 5.53. The number of nitrogens with one attached hydrogen (secondary N) is 2. The number of amides is 2. The van der Waals surface area contributed by atoms with E-state index in [0.717, 1.165) is 11.1 Å². The first kappa shape index (κ1) is 18.7. The summed E-state index contributed by atoms with van der Waals surface area (Å²) in [6.45, 7) is 3.54. The fourth-order valence-electron chi connectivity index (χ4n) is 2.48. The summed E-state index contributed by atoms with van der Waals surface area (Å²) in [4.78, 5) is 25.5. The van der Waals surface area contributed by atoms with Crippen molar-refractivity contribution >= 4 is 11.8 Å². The van der Waals surface area contributed by atoms with E-state index < -0.39 is 0 Å². The average Bonchev–Trinajstić information content (AvgIpc) is 2.61. The summed E-state index contributed by atoms with van der Waals surface area (Å²) >= 11 is 0. The van der Waals surface area contributed by atoms with Crippen LogP contribution in [-0.2, 0) is 17.9 Å². The zero-order valence-corrected chi connectivity index (χ0v) is 15.0. The Hall–Kier alpha value is -2.66. The molecule has 0 atom stereocenters. The fraction of sp³-hybridized carbons (Fsp3) is 0.300. The number of hydrogen-bond donors (Lipinski definition) is 2. The SMILES string of the molecule is CNC(=O)c1ccc(CN(C)CC(=O)NCc2ccc(C)cc2)cc1. The van der Waals surface area contributed by atoms with Crippen molar-refractivity contribution < 1.29 is 9.59 Å². The molecule has 0 radical (unpaired) electrons. The van der Waals surface area contributed by atoms with E-state index in [9.17, 15) is 9.59 Å². The molecule has 0 aliphatic carbocycles. The maximum Gasteiger partial charge on any atom is 0.251 e. The minimum atomic E-state index is -0.101. The molecule has 0 bridgehead atoms. The molecule has 2 amide bonds. The van der Waals surface area contributed by atoms with Gasteiger partial charge in [-0.05, 0) is 37.2 Å². The van der Waals surface area contributed by atoms with Crippen LogP contribution in [0.1, 0.15) is 27.0 Å². The predicted molar refractivity (Wildman–Crippen MR) is 99.2 cm³/mol. The van der Waals surface area contributed by atoms with Crippen LogP contribution < -0.4 is 10.6 Å². The van der Waals surface area contributed by atoms with Crippen LogP contribution in [0.15, 0.2) is 48.5 Å². The number of benzene rings is 2. The number of carbonyl (C=O) groups excluding carboxylic acids is 2. The lowest BCUT2D eigenvalue weighted by Gasteiger charge is -2.16. The second-order valence-electron chi connectivity index (χ2n) is 6.21. The molecule has 2 aromatic rings. The van der Waals surface area contributed by atoms with Gasteiger partial charge < -0.3 is 10.6 Å². The van der Waals surface area contributed by atoms with Crippen LogP contribution in [0.3, 0.4) is 0 Å². The van der Waals surface area contributed by atoms with Crippen LogP contribution in [0.5, 0.6) is 0 Å². The van der Waals surface area contributed by atoms with Crippen molar-refractivity contribution in [2.75, 3.05) is 20.6 Å². The molecule has 0 heterocycles. The topological polar surface area (TPSA) is 61.4 Å². The molecule has 25 heavy (non-hydrogen) atoms. The van der Waals surface area contributed by atoms with Gasteiger partial charge in [0.05, 0.1) is 6.54 Å². The Balaban J connectivity index is 1.78. The number of carbonyl (C=O) groups is 2. The maximum atomic E-state index is 12.1. The smallest absolute Gasteiger partial charge is 0.251 e. The van der Waals surface area contributed by atoms with Crippen LogP contribution in [0.4, 0.5) is 0 Å². The molecule has 2 rings (SSSR count). The highest BCUT2D eigenvalue weighted by Gasteiger charge is 2.08. The molecule has 0 fully saturated rings. The molecule has 0 unspecified atom stereocenters. The molecular weight excluding hydrogens is 314 g/mol. The molecule has 0 aliphatic heterocycles. The Morgan fingerprint density at radius 1 is 0.960 bits per heavy atom. The van der Waals surface area contributed by atoms with Crippen molar-refractivity contribution in [3.63, 3.8) is 0 Å². The zero-order valence-electron chi connectivity index (χ0n) is 15.0. The van der Waals surface area contributed by atoms with Gasteiger partial charge in [-0.15, -0.1) is 0 Å². The number of rotatable bonds is 7. The van der Waals surface area contributed by atoms with Gasteiger partial charge in [0.1, 0.15) is 0 Å². The summed E-state index contributed by atoms with van der Waals surface area (Å²) in [5.74, 6) is -0.111. The summed E-state index contributed by atoms with van der Waals surface area (Å²) in [6.07, 6.45) is 0. The van der Waals surface area contributed by atoms with Gasteiger partial charge in [-0.1, -0.05) is 42.0 Å². The average molecular weight is 339 g/mol. The molecule has 0 aliphatic rings. The first-order chi connectivity index (χ1) is 12.0. The van der Waals surface area contributed by atoms with Crippen LogP contribution >= 0.6 is 0 Å². The van der Waals surface area contributed by atoms with Crippen LogP contribution in [0.2, 0.25) is 0 Å². The molecule has 2 aromatic carbocycles. The minimum Gasteiger partial charge on any atom is -0.355 e. The molecule has 5 nitrogen and oxygen atoms in total. The van der Waals surface area contributed by atoms with Crippen molar-refractivity contribution in [3.05, 3.63) is 70.8 Å². The summed E-state index contributed by atoms with van der Waals surface area (Å²) in [6, 6.07) is 15.5. The zero-order chi connectivity index (χ0) is 18.2. The lowest BCUT2D eigenvalue weighted by atomic mass is 10.1. The highest BCUT2D eigenvalue weighted by atomic mass is 16.2. The van der Waals surface area contributed by atoms with Gasteiger partial charge in [0.25, 0.3) is 5.91 Å². The molecule has 0 aromatic heterocycles. The highest BCUT2D eigenvalue weighted by Crippen LogP contribution is 2.07. The monoisotopic (exact) mass is 339 g/mol. The highest BCUT2D eigenvalue weighted by molar-refractivity contribution is 5.93. The standard InChI is InChI=1S/C20H25N3O2/c1-15-4-6-16(7-5-15)12-22-19(24)14-23(3)13-17-8-10-18(11-9-17)20(25)21-2/h4-11H,12-14H2,1-3H3,(H,21,25)(H,22,24). The van der Waals surface area contributed by atoms with Gasteiger partial charge in [-0.3, -0.25) is 14.5 Å². The Labute approximate surface area is 149 Å². The molecule has 0 saturated heterocycles. The predicted octanol–water partition coefficient (Wildman–Crippen LogP) is 2.10. The second-order valence-corrected chi connectivity index (χ2v) is 6.21. The van der Waals surface area contributed by atoms with Gasteiger partial charge in [0.2, 0.25) is 5.91 Å². The van der Waals surface area contributed by atoms with Gasteiger partial charge >= 0.3 is 0 Å². The third kappa shape index (κ3) is 6.04. The molecule has 0 spiro atoms. The first-order valence-electron chi connectivity index (χ1n) is 8.29. The largest absolute Gasteiger partial charge is 0.355 e. The van der Waals surface area contributed by atoms with E-state index in [0.29, 0.717) is 25.2 Å². The van der Waals surface area contributed by atoms with E-state index in [-0.39, 0.29) is 11.8 Å². The van der Waals surface area contributed by atoms with Crippen molar-refractivity contribution in [1.82, 2.24) is 15.5 Å². The third-order valence-electron chi connectivity index (χ3n) is 3.92. The fourth-order valence-corrected chi connectivity index (χ4v) is 2.48. The quantitative estimate of drug-likeness (QED) is 0.812. The molecular formula is C20H25N3O2. The lowest BCUT2D eigenvalue weighted by molar-refractivity contribution is -0.122. The van der Waals surface area contributed by atoms with E-state index in [1.807, 2.05) is 55.3 Å². The van der Waals surface area contributed by atoms with Gasteiger partial charge in [-0.25, -0.2) is 0 Å². The summed E-state index contributed by atoms with van der Waals surface area (Å²) in [5.41, 5.74) is 3.98. The summed E-state index contributed by atoms with van der Waals surface area (Å²) < 4.78 is 0. The molecule has 0 saturated carbocycles. The third-order valence-corrected chi connectivity index (χ3v) is 3.92. The number of nitrogens with zero attached hydrogens (tertiary/aromatic N) is 1. The Kier molecular flexibility index (Phi) is 6.71. The lowest BCUT2D eigenvalue weighted by Crippen LogP contribution is -2.34. The Morgan fingerprint density at radius 3 is 2.16 bits per heavy atom. The normalized spacial score (nSPS) is 10.6. The second kappa shape index (κ2) is 8.99. The van der Waals surface area contributed by atoms with Crippen LogP contribution in [0, 0.1) is 6.92 Å². The van der Waals surface area contributed by atoms with E-state index >= 15 is 0 Å². The molecule has 2 N–H and O–H groups in total. The van der Waals surface area contributed by atoms with Gasteiger partial charge in [0.15, 0.2) is 0 Å². The number of hydrogen-bond acceptors (Lipinski definition) is 3. The Bertz CT molecular complexity index is 709. The number of likely N-dealkylation sites (N-methyl/N-ethyl adjacent to an activating group) is 1. The van der Waals surface area contributed by atoms with E-state index in [1.165, 1.54) is 5.56 Å². The number of aryl methyl sites for hydroxylation is 1. The molecule has 132 valence electrons. The van der Waals surface area contributed by atoms with E-state index in [2.05, 4.69) is 10.6 Å². The van der Waals surface area contributed by atoms with Gasteiger partial charge in [0, 0.05) is 25.7 Å². The van der Waals surface area contributed by atoms with Crippen molar-refractivity contribution in [2.24, 2.45) is 0 Å².